The summed E-state index contributed by atoms with van der Waals surface area (Å²) in [5, 5.41) is 10.8. The Kier molecular flexibility index (Phi) is 5.62. The molecule has 1 radical (unpaired) electrons. The van der Waals surface area contributed by atoms with E-state index in [1.807, 2.05) is 0 Å². The molecule has 1 rings (SSSR count). The second-order valence-corrected chi connectivity index (χ2v) is 1.71. The smallest absolute Gasteiger partial charge is 0.231 e. The number of nitrogens with zero attached hydrogens (tertiary/aromatic N) is 3. The SMILES string of the molecule is Nc1nc(N)nc(NCO)n1.[K]. The standard InChI is InChI=1S/C4H8N6O.K/c5-2-8-3(6)10-4(9-2)7-1-11;/h11H,1H2,(H5,5,6,7,8,9,10);. The fraction of sp³-hybridized carbons (Fsp3) is 0.250. The van der Waals surface area contributed by atoms with Crippen LogP contribution in [0.3, 0.4) is 0 Å². The summed E-state index contributed by atoms with van der Waals surface area (Å²) >= 11 is 0. The zero-order chi connectivity index (χ0) is 8.27. The second-order valence-electron chi connectivity index (χ2n) is 1.71. The van der Waals surface area contributed by atoms with Crippen molar-refractivity contribution >= 4 is 69.2 Å². The first-order valence-electron chi connectivity index (χ1n) is 2.84. The van der Waals surface area contributed by atoms with Crippen molar-refractivity contribution in [3.8, 4) is 0 Å². The van der Waals surface area contributed by atoms with Gasteiger partial charge in [0, 0.05) is 51.4 Å². The quantitative estimate of drug-likeness (QED) is 0.318. The summed E-state index contributed by atoms with van der Waals surface area (Å²) in [5.74, 6) is 0.208. The summed E-state index contributed by atoms with van der Waals surface area (Å²) < 4.78 is 0. The van der Waals surface area contributed by atoms with Gasteiger partial charge in [0.15, 0.2) is 0 Å². The molecule has 1 heterocycles. The average Bonchev–Trinajstić information content (AvgIpc) is 1.85. The van der Waals surface area contributed by atoms with Gasteiger partial charge in [-0.05, 0) is 0 Å². The Hall–Kier alpha value is 0.00636. The Morgan fingerprint density at radius 1 is 1.17 bits per heavy atom. The summed E-state index contributed by atoms with van der Waals surface area (Å²) in [6, 6.07) is 0. The van der Waals surface area contributed by atoms with Crippen LogP contribution in [0.1, 0.15) is 0 Å². The van der Waals surface area contributed by atoms with Gasteiger partial charge in [0.05, 0.1) is 0 Å². The molecule has 0 atom stereocenters. The van der Waals surface area contributed by atoms with Crippen LogP contribution in [-0.2, 0) is 0 Å². The predicted octanol–water partition coefficient (Wildman–Crippen LogP) is -1.98. The normalized spacial score (nSPS) is 8.75. The number of nitrogens with two attached hydrogens (primary N) is 2. The van der Waals surface area contributed by atoms with Crippen molar-refractivity contribution < 1.29 is 5.11 Å². The van der Waals surface area contributed by atoms with Gasteiger partial charge in [-0.15, -0.1) is 0 Å². The minimum Gasteiger partial charge on any atom is -0.376 e. The molecular formula is C4H8KN6O. The van der Waals surface area contributed by atoms with Crippen molar-refractivity contribution in [3.63, 3.8) is 0 Å². The van der Waals surface area contributed by atoms with Gasteiger partial charge in [0.2, 0.25) is 17.8 Å². The summed E-state index contributed by atoms with van der Waals surface area (Å²) in [6.07, 6.45) is 0. The maximum Gasteiger partial charge on any atom is 0.231 e. The maximum atomic E-state index is 8.41. The number of hydrogen-bond acceptors (Lipinski definition) is 7. The topological polar surface area (TPSA) is 123 Å². The van der Waals surface area contributed by atoms with Crippen LogP contribution in [0.25, 0.3) is 0 Å². The van der Waals surface area contributed by atoms with Gasteiger partial charge in [-0.25, -0.2) is 0 Å². The Bertz CT molecular complexity index is 235. The molecule has 1 aromatic heterocycles. The number of nitrogens with one attached hydrogen (secondary N) is 1. The molecule has 0 aliphatic carbocycles. The van der Waals surface area contributed by atoms with Gasteiger partial charge in [-0.2, -0.15) is 15.0 Å². The van der Waals surface area contributed by atoms with E-state index in [2.05, 4.69) is 20.3 Å². The Morgan fingerprint density at radius 3 is 2.08 bits per heavy atom. The van der Waals surface area contributed by atoms with Gasteiger partial charge in [0.25, 0.3) is 0 Å². The molecule has 0 spiro atoms. The molecule has 1 aromatic rings. The molecule has 61 valence electrons. The van der Waals surface area contributed by atoms with Gasteiger partial charge in [0.1, 0.15) is 6.73 Å². The van der Waals surface area contributed by atoms with Crippen LogP contribution < -0.4 is 16.8 Å². The molecule has 0 aliphatic heterocycles. The number of rotatable bonds is 2. The average molecular weight is 195 g/mol. The van der Waals surface area contributed by atoms with Crippen molar-refractivity contribution in [3.05, 3.63) is 0 Å². The summed E-state index contributed by atoms with van der Waals surface area (Å²) in [7, 11) is 0. The first-order chi connectivity index (χ1) is 5.22. The molecule has 0 aromatic carbocycles. The first-order valence-corrected chi connectivity index (χ1v) is 2.84. The molecule has 0 bridgehead atoms. The van der Waals surface area contributed by atoms with Crippen LogP contribution in [-0.4, -0.2) is 78.2 Å². The van der Waals surface area contributed by atoms with Gasteiger partial charge in [-0.1, -0.05) is 0 Å². The van der Waals surface area contributed by atoms with Crippen LogP contribution >= 0.6 is 0 Å². The molecule has 7 nitrogen and oxygen atoms in total. The molecule has 0 aliphatic rings. The number of aromatic nitrogens is 3. The van der Waals surface area contributed by atoms with Crippen LogP contribution in [0.4, 0.5) is 17.8 Å². The van der Waals surface area contributed by atoms with Crippen molar-refractivity contribution in [2.75, 3.05) is 23.5 Å². The minimum atomic E-state index is -0.275. The van der Waals surface area contributed by atoms with Crippen LogP contribution in [0.15, 0.2) is 0 Å². The largest absolute Gasteiger partial charge is 0.376 e. The van der Waals surface area contributed by atoms with Crippen molar-refractivity contribution in [2.45, 2.75) is 0 Å². The fourth-order valence-electron chi connectivity index (χ4n) is 0.559. The number of aliphatic hydroxyl groups is 1. The van der Waals surface area contributed by atoms with Crippen molar-refractivity contribution in [1.29, 1.82) is 0 Å². The molecule has 0 saturated carbocycles. The summed E-state index contributed by atoms with van der Waals surface area (Å²) in [6.45, 7) is -0.275. The van der Waals surface area contributed by atoms with Crippen molar-refractivity contribution in [1.82, 2.24) is 15.0 Å². The molecule has 8 heteroatoms. The van der Waals surface area contributed by atoms with E-state index in [1.54, 1.807) is 0 Å². The second kappa shape index (κ2) is 5.62. The van der Waals surface area contributed by atoms with Gasteiger partial charge < -0.3 is 21.9 Å². The molecule has 12 heavy (non-hydrogen) atoms. The zero-order valence-corrected chi connectivity index (χ0v) is 9.77. The van der Waals surface area contributed by atoms with Crippen LogP contribution in [0.2, 0.25) is 0 Å². The molecule has 6 N–H and O–H groups in total. The summed E-state index contributed by atoms with van der Waals surface area (Å²) in [4.78, 5) is 10.8. The van der Waals surface area contributed by atoms with E-state index in [9.17, 15) is 0 Å². The molecule has 0 fully saturated rings. The predicted molar refractivity (Wildman–Crippen MR) is 45.1 cm³/mol. The third-order valence-electron chi connectivity index (χ3n) is 0.907. The molecule has 0 saturated heterocycles. The van der Waals surface area contributed by atoms with E-state index in [0.29, 0.717) is 0 Å². The third-order valence-corrected chi connectivity index (χ3v) is 0.907. The van der Waals surface area contributed by atoms with Crippen molar-refractivity contribution in [2.24, 2.45) is 0 Å². The van der Waals surface area contributed by atoms with E-state index in [-0.39, 0.29) is 76.0 Å². The molecule has 0 amide bonds. The van der Waals surface area contributed by atoms with E-state index in [0.717, 1.165) is 0 Å². The number of hydrogen-bond donors (Lipinski definition) is 4. The van der Waals surface area contributed by atoms with E-state index in [4.69, 9.17) is 16.6 Å². The Morgan fingerprint density at radius 2 is 1.67 bits per heavy atom. The number of anilines is 3. The monoisotopic (exact) mass is 195 g/mol. The maximum absolute atomic E-state index is 8.41. The van der Waals surface area contributed by atoms with E-state index in [1.165, 1.54) is 0 Å². The third kappa shape index (κ3) is 3.60. The minimum absolute atomic E-state index is 0. The Balaban J connectivity index is 0.00000121. The van der Waals surface area contributed by atoms with Gasteiger partial charge in [-0.3, -0.25) is 0 Å². The number of aliphatic hydroxyl groups excluding tert-OH is 1. The van der Waals surface area contributed by atoms with Crippen LogP contribution in [0.5, 0.6) is 0 Å². The van der Waals surface area contributed by atoms with E-state index < -0.39 is 0 Å². The first kappa shape index (κ1) is 12.0. The zero-order valence-electron chi connectivity index (χ0n) is 6.65. The fourth-order valence-corrected chi connectivity index (χ4v) is 0.559. The number of nitrogen functional groups attached to an aromatic ring is 2. The molecular weight excluding hydrogens is 187 g/mol. The summed E-state index contributed by atoms with van der Waals surface area (Å²) in [5.41, 5.74) is 10.5. The molecule has 0 unspecified atom stereocenters. The van der Waals surface area contributed by atoms with Crippen LogP contribution in [0, 0.1) is 0 Å². The van der Waals surface area contributed by atoms with E-state index >= 15 is 0 Å². The Labute approximate surface area is 111 Å². The van der Waals surface area contributed by atoms with Gasteiger partial charge >= 0.3 is 0 Å².